The molecule has 0 amide bonds. The zero-order valence-corrected chi connectivity index (χ0v) is 17.7. The van der Waals surface area contributed by atoms with Gasteiger partial charge in [-0.15, -0.1) is 0 Å². The van der Waals surface area contributed by atoms with E-state index in [1.807, 2.05) is 0 Å². The number of nitrogens with zero attached hydrogens (tertiary/aromatic N) is 2. The number of piperidine rings is 1. The summed E-state index contributed by atoms with van der Waals surface area (Å²) in [5, 5.41) is 0. The number of hydrogen-bond donors (Lipinski definition) is 0. The lowest BCUT2D eigenvalue weighted by atomic mass is 10.1. The molecule has 1 fully saturated rings. The van der Waals surface area contributed by atoms with Gasteiger partial charge in [-0.3, -0.25) is 0 Å². The topological polar surface area (TPSA) is 93.2 Å². The molecule has 2 heterocycles. The first-order valence-corrected chi connectivity index (χ1v) is 11.0. The number of esters is 2. The van der Waals surface area contributed by atoms with E-state index in [0.717, 1.165) is 19.3 Å². The van der Waals surface area contributed by atoms with E-state index >= 15 is 0 Å². The molecule has 0 spiro atoms. The summed E-state index contributed by atoms with van der Waals surface area (Å²) < 4.78 is 36.9. The molecule has 8 nitrogen and oxygen atoms in total. The fraction of sp³-hybridized carbons (Fsp3) is 0.333. The molecule has 9 heteroatoms. The molecule has 30 heavy (non-hydrogen) atoms. The van der Waals surface area contributed by atoms with E-state index in [0.29, 0.717) is 18.8 Å². The molecule has 1 aromatic carbocycles. The average Bonchev–Trinajstić information content (AvgIpc) is 3.01. The van der Waals surface area contributed by atoms with Gasteiger partial charge in [0.05, 0.1) is 24.7 Å². The summed E-state index contributed by atoms with van der Waals surface area (Å²) in [7, 11) is -1.13. The van der Waals surface area contributed by atoms with Gasteiger partial charge >= 0.3 is 11.9 Å². The molecule has 0 saturated carbocycles. The van der Waals surface area contributed by atoms with Crippen molar-refractivity contribution in [2.75, 3.05) is 32.2 Å². The second-order valence-corrected chi connectivity index (χ2v) is 8.71. The summed E-state index contributed by atoms with van der Waals surface area (Å²) in [4.78, 5) is 26.3. The second-order valence-electron chi connectivity index (χ2n) is 6.77. The maximum absolute atomic E-state index is 12.9. The summed E-state index contributed by atoms with van der Waals surface area (Å²) >= 11 is 0. The van der Waals surface area contributed by atoms with Gasteiger partial charge in [-0.25, -0.2) is 18.0 Å². The Kier molecular flexibility index (Phi) is 6.73. The van der Waals surface area contributed by atoms with E-state index in [2.05, 4.69) is 0 Å². The number of methoxy groups -OCH3 is 2. The van der Waals surface area contributed by atoms with Crippen LogP contribution in [-0.2, 0) is 29.1 Å². The van der Waals surface area contributed by atoms with Gasteiger partial charge in [-0.05, 0) is 49.3 Å². The van der Waals surface area contributed by atoms with Gasteiger partial charge in [0, 0.05) is 25.0 Å². The smallest absolute Gasteiger partial charge is 0.355 e. The van der Waals surface area contributed by atoms with Gasteiger partial charge in [-0.1, -0.05) is 12.5 Å². The molecule has 2 aliphatic rings. The van der Waals surface area contributed by atoms with E-state index in [-0.39, 0.29) is 16.2 Å². The van der Waals surface area contributed by atoms with Crippen LogP contribution >= 0.6 is 0 Å². The highest BCUT2D eigenvalue weighted by atomic mass is 32.2. The number of carbonyl (C=O) groups is 2. The summed E-state index contributed by atoms with van der Waals surface area (Å²) in [6, 6.07) is 6.17. The highest BCUT2D eigenvalue weighted by Gasteiger charge is 2.29. The first-order chi connectivity index (χ1) is 14.4. The lowest BCUT2D eigenvalue weighted by Gasteiger charge is -2.26. The van der Waals surface area contributed by atoms with Crippen molar-refractivity contribution < 1.29 is 27.5 Å². The molecule has 0 bridgehead atoms. The summed E-state index contributed by atoms with van der Waals surface area (Å²) in [6.45, 7) is 1.03. The summed E-state index contributed by atoms with van der Waals surface area (Å²) in [5.41, 5.74) is 0.495. The number of rotatable bonds is 5. The highest BCUT2D eigenvalue weighted by Crippen LogP contribution is 2.28. The maximum Gasteiger partial charge on any atom is 0.355 e. The monoisotopic (exact) mass is 432 g/mol. The van der Waals surface area contributed by atoms with Crippen LogP contribution in [0.15, 0.2) is 64.9 Å². The van der Waals surface area contributed by atoms with Crippen LogP contribution in [0.4, 0.5) is 5.69 Å². The molecule has 0 aromatic heterocycles. The zero-order valence-electron chi connectivity index (χ0n) is 16.9. The van der Waals surface area contributed by atoms with E-state index in [1.165, 1.54) is 41.6 Å². The van der Waals surface area contributed by atoms with Crippen LogP contribution in [0.25, 0.3) is 0 Å². The number of benzene rings is 1. The molecule has 1 aromatic rings. The lowest BCUT2D eigenvalue weighted by Crippen LogP contribution is -2.35. The van der Waals surface area contributed by atoms with Crippen molar-refractivity contribution in [1.82, 2.24) is 4.31 Å². The number of sulfonamides is 1. The van der Waals surface area contributed by atoms with Crippen molar-refractivity contribution in [2.24, 2.45) is 0 Å². The summed E-state index contributed by atoms with van der Waals surface area (Å²) in [5.74, 6) is -1.42. The Morgan fingerprint density at radius 1 is 0.900 bits per heavy atom. The van der Waals surface area contributed by atoms with E-state index < -0.39 is 22.0 Å². The molecule has 1 saturated heterocycles. The Bertz CT molecular complexity index is 1000. The largest absolute Gasteiger partial charge is 0.465 e. The minimum Gasteiger partial charge on any atom is -0.465 e. The van der Waals surface area contributed by atoms with Crippen LogP contribution in [0.5, 0.6) is 0 Å². The third kappa shape index (κ3) is 4.31. The lowest BCUT2D eigenvalue weighted by molar-refractivity contribution is -0.139. The molecule has 0 N–H and O–H groups in total. The van der Waals surface area contributed by atoms with Crippen LogP contribution < -0.4 is 4.90 Å². The zero-order chi connectivity index (χ0) is 21.7. The quantitative estimate of drug-likeness (QED) is 0.660. The van der Waals surface area contributed by atoms with E-state index in [4.69, 9.17) is 9.47 Å². The molecule has 0 aliphatic carbocycles. The number of carbonyl (C=O) groups excluding carboxylic acids is 2. The average molecular weight is 432 g/mol. The number of anilines is 1. The highest BCUT2D eigenvalue weighted by molar-refractivity contribution is 7.89. The van der Waals surface area contributed by atoms with Crippen LogP contribution in [0.3, 0.4) is 0 Å². The van der Waals surface area contributed by atoms with Crippen molar-refractivity contribution in [3.8, 4) is 0 Å². The SMILES string of the molecule is COC(=O)C1=C(C(=O)OC)N(c2ccc(S(=O)(=O)N3CCCCC3)cc2)C=CC=C1. The second kappa shape index (κ2) is 9.27. The molecular weight excluding hydrogens is 408 g/mol. The van der Waals surface area contributed by atoms with Crippen LogP contribution in [-0.4, -0.2) is 52.0 Å². The fourth-order valence-electron chi connectivity index (χ4n) is 3.40. The van der Waals surface area contributed by atoms with Gasteiger partial charge in [0.25, 0.3) is 0 Å². The fourth-order valence-corrected chi connectivity index (χ4v) is 4.92. The van der Waals surface area contributed by atoms with E-state index in [1.54, 1.807) is 30.5 Å². The van der Waals surface area contributed by atoms with Gasteiger partial charge < -0.3 is 14.4 Å². The Hall–Kier alpha value is -2.91. The minimum absolute atomic E-state index is 0.0269. The third-order valence-electron chi connectivity index (χ3n) is 4.96. The summed E-state index contributed by atoms with van der Waals surface area (Å²) in [6.07, 6.45) is 9.04. The van der Waals surface area contributed by atoms with Gasteiger partial charge in [0.2, 0.25) is 10.0 Å². The first-order valence-electron chi connectivity index (χ1n) is 9.55. The number of ether oxygens (including phenoxy) is 2. The van der Waals surface area contributed by atoms with Crippen molar-refractivity contribution in [2.45, 2.75) is 24.2 Å². The predicted octanol–water partition coefficient (Wildman–Crippen LogP) is 2.35. The Balaban J connectivity index is 1.99. The van der Waals surface area contributed by atoms with Crippen LogP contribution in [0.2, 0.25) is 0 Å². The van der Waals surface area contributed by atoms with Gasteiger partial charge in [-0.2, -0.15) is 4.31 Å². The van der Waals surface area contributed by atoms with Crippen molar-refractivity contribution in [3.63, 3.8) is 0 Å². The third-order valence-corrected chi connectivity index (χ3v) is 6.87. The molecule has 0 radical (unpaired) electrons. The molecule has 2 aliphatic heterocycles. The number of hydrogen-bond acceptors (Lipinski definition) is 7. The van der Waals surface area contributed by atoms with Gasteiger partial charge in [0.15, 0.2) is 0 Å². The standard InChI is InChI=1S/C21H24N2O6S/c1-28-20(24)18-8-4-7-15-23(19(18)21(25)29-2)16-9-11-17(12-10-16)30(26,27)22-13-5-3-6-14-22/h4,7-12,15H,3,5-6,13-14H2,1-2H3. The number of allylic oxidation sites excluding steroid dienone is 2. The van der Waals surface area contributed by atoms with Crippen LogP contribution in [0, 0.1) is 0 Å². The first kappa shape index (κ1) is 21.8. The molecular formula is C21H24N2O6S. The van der Waals surface area contributed by atoms with E-state index in [9.17, 15) is 18.0 Å². The maximum atomic E-state index is 12.9. The molecule has 0 unspecified atom stereocenters. The Labute approximate surface area is 176 Å². The Morgan fingerprint density at radius 2 is 1.53 bits per heavy atom. The molecule has 160 valence electrons. The van der Waals surface area contributed by atoms with Crippen molar-refractivity contribution in [1.29, 1.82) is 0 Å². The van der Waals surface area contributed by atoms with Crippen molar-refractivity contribution in [3.05, 3.63) is 60.0 Å². The Morgan fingerprint density at radius 3 is 2.13 bits per heavy atom. The molecule has 3 rings (SSSR count). The van der Waals surface area contributed by atoms with Crippen molar-refractivity contribution >= 4 is 27.6 Å². The van der Waals surface area contributed by atoms with Crippen LogP contribution in [0.1, 0.15) is 19.3 Å². The normalized spacial score (nSPS) is 17.6. The molecule has 0 atom stereocenters. The van der Waals surface area contributed by atoms with Gasteiger partial charge in [0.1, 0.15) is 5.70 Å². The minimum atomic E-state index is -3.57. The predicted molar refractivity (Wildman–Crippen MR) is 111 cm³/mol.